The van der Waals surface area contributed by atoms with Crippen LogP contribution in [-0.2, 0) is 0 Å². The van der Waals surface area contributed by atoms with E-state index < -0.39 is 0 Å². The average molecular weight is 199 g/mol. The van der Waals surface area contributed by atoms with Crippen molar-refractivity contribution in [2.75, 3.05) is 7.05 Å². The van der Waals surface area contributed by atoms with E-state index in [9.17, 15) is 0 Å². The maximum Gasteiger partial charge on any atom is 0.0160 e. The van der Waals surface area contributed by atoms with Crippen LogP contribution in [0.25, 0.3) is 0 Å². The predicted octanol–water partition coefficient (Wildman–Crippen LogP) is 3.93. The maximum atomic E-state index is 2.48. The van der Waals surface area contributed by atoms with Gasteiger partial charge in [0, 0.05) is 11.1 Å². The minimum absolute atomic E-state index is 0.245. The first-order chi connectivity index (χ1) is 5.86. The van der Waals surface area contributed by atoms with Crippen LogP contribution in [0.5, 0.6) is 0 Å². The summed E-state index contributed by atoms with van der Waals surface area (Å²) in [7, 11) is 2.23. The Balaban J connectivity index is 4.63. The Bertz CT molecular complexity index is 178. The molecule has 0 saturated carbocycles. The van der Waals surface area contributed by atoms with Gasteiger partial charge in [0.1, 0.15) is 0 Å². The molecular formula is C13H29N. The first-order valence-corrected chi connectivity index (χ1v) is 5.60. The summed E-state index contributed by atoms with van der Waals surface area (Å²) in [6, 6.07) is 0. The van der Waals surface area contributed by atoms with E-state index in [1.807, 2.05) is 0 Å². The van der Waals surface area contributed by atoms with Gasteiger partial charge in [0.15, 0.2) is 0 Å². The zero-order valence-corrected chi connectivity index (χ0v) is 11.7. The van der Waals surface area contributed by atoms with Gasteiger partial charge in [0.25, 0.3) is 0 Å². The molecule has 0 unspecified atom stereocenters. The van der Waals surface area contributed by atoms with E-state index in [-0.39, 0.29) is 11.1 Å². The van der Waals surface area contributed by atoms with Crippen molar-refractivity contribution in [3.8, 4) is 0 Å². The zero-order valence-electron chi connectivity index (χ0n) is 11.7. The summed E-state index contributed by atoms with van der Waals surface area (Å²) in [5, 5.41) is 0. The second-order valence-corrected chi connectivity index (χ2v) is 7.28. The molecule has 0 radical (unpaired) electrons. The molecule has 0 amide bonds. The lowest BCUT2D eigenvalue weighted by atomic mass is 9.79. The lowest BCUT2D eigenvalue weighted by Gasteiger charge is -2.47. The highest BCUT2D eigenvalue weighted by atomic mass is 15.2. The van der Waals surface area contributed by atoms with Gasteiger partial charge >= 0.3 is 0 Å². The fraction of sp³-hybridized carbons (Fsp3) is 1.00. The minimum atomic E-state index is 0.245. The largest absolute Gasteiger partial charge is 0.296 e. The highest BCUT2D eigenvalue weighted by Crippen LogP contribution is 2.33. The third-order valence-electron chi connectivity index (χ3n) is 2.88. The molecule has 1 nitrogen and oxygen atoms in total. The van der Waals surface area contributed by atoms with Crippen molar-refractivity contribution in [2.45, 2.75) is 72.9 Å². The predicted molar refractivity (Wildman–Crippen MR) is 65.7 cm³/mol. The zero-order chi connectivity index (χ0) is 11.8. The third-order valence-corrected chi connectivity index (χ3v) is 2.88. The second-order valence-electron chi connectivity index (χ2n) is 7.28. The molecule has 0 aliphatic rings. The standard InChI is InChI=1S/C13H29N/c1-11(2,3)10-13(7,8)14(9)12(4,5)6/h10H2,1-9H3. The molecule has 1 heteroatoms. The van der Waals surface area contributed by atoms with E-state index in [2.05, 4.69) is 67.3 Å². The van der Waals surface area contributed by atoms with Crippen molar-refractivity contribution in [1.82, 2.24) is 4.90 Å². The quantitative estimate of drug-likeness (QED) is 0.651. The fourth-order valence-corrected chi connectivity index (χ4v) is 2.32. The van der Waals surface area contributed by atoms with Crippen molar-refractivity contribution in [2.24, 2.45) is 5.41 Å². The third kappa shape index (κ3) is 4.45. The van der Waals surface area contributed by atoms with E-state index in [0.29, 0.717) is 5.41 Å². The molecule has 0 aliphatic carbocycles. The van der Waals surface area contributed by atoms with Crippen LogP contribution in [0.1, 0.15) is 61.8 Å². The van der Waals surface area contributed by atoms with Crippen LogP contribution in [0.3, 0.4) is 0 Å². The molecule has 0 spiro atoms. The summed E-state index contributed by atoms with van der Waals surface area (Å²) in [4.78, 5) is 2.48. The SMILES string of the molecule is CN(C(C)(C)C)C(C)(C)CC(C)(C)C. The monoisotopic (exact) mass is 199 g/mol. The molecule has 0 aromatic carbocycles. The van der Waals surface area contributed by atoms with Crippen molar-refractivity contribution >= 4 is 0 Å². The average Bonchev–Trinajstić information content (AvgIpc) is 1.78. The van der Waals surface area contributed by atoms with E-state index in [0.717, 1.165) is 0 Å². The van der Waals surface area contributed by atoms with Crippen LogP contribution in [-0.4, -0.2) is 23.0 Å². The number of rotatable bonds is 2. The maximum absolute atomic E-state index is 2.48. The van der Waals surface area contributed by atoms with Crippen LogP contribution >= 0.6 is 0 Å². The Labute approximate surface area is 90.9 Å². The molecule has 0 aromatic heterocycles. The van der Waals surface area contributed by atoms with Crippen molar-refractivity contribution in [1.29, 1.82) is 0 Å². The molecule has 0 saturated heterocycles. The van der Waals surface area contributed by atoms with Gasteiger partial charge in [-0.05, 0) is 53.5 Å². The van der Waals surface area contributed by atoms with Crippen LogP contribution in [0.2, 0.25) is 0 Å². The van der Waals surface area contributed by atoms with Crippen LogP contribution in [0.15, 0.2) is 0 Å². The summed E-state index contributed by atoms with van der Waals surface area (Å²) in [5.74, 6) is 0. The molecule has 0 fully saturated rings. The minimum Gasteiger partial charge on any atom is -0.296 e. The van der Waals surface area contributed by atoms with E-state index in [4.69, 9.17) is 0 Å². The van der Waals surface area contributed by atoms with Gasteiger partial charge in [-0.3, -0.25) is 4.90 Å². The molecule has 86 valence electrons. The normalized spacial score (nSPS) is 15.0. The Morgan fingerprint density at radius 2 is 1.14 bits per heavy atom. The van der Waals surface area contributed by atoms with Crippen molar-refractivity contribution in [3.05, 3.63) is 0 Å². The Kier molecular flexibility index (Phi) is 3.83. The number of hydrogen-bond acceptors (Lipinski definition) is 1. The van der Waals surface area contributed by atoms with Gasteiger partial charge in [0.2, 0.25) is 0 Å². The Hall–Kier alpha value is -0.0400. The first kappa shape index (κ1) is 14.0. The molecule has 0 rings (SSSR count). The highest BCUT2D eigenvalue weighted by Gasteiger charge is 2.34. The lowest BCUT2D eigenvalue weighted by molar-refractivity contribution is 0.0280. The van der Waals surface area contributed by atoms with Gasteiger partial charge in [-0.25, -0.2) is 0 Å². The first-order valence-electron chi connectivity index (χ1n) is 5.60. The Morgan fingerprint density at radius 1 is 0.786 bits per heavy atom. The lowest BCUT2D eigenvalue weighted by Crippen LogP contribution is -2.52. The number of hydrogen-bond donors (Lipinski definition) is 0. The van der Waals surface area contributed by atoms with Crippen molar-refractivity contribution in [3.63, 3.8) is 0 Å². The molecule has 14 heavy (non-hydrogen) atoms. The summed E-state index contributed by atoms with van der Waals surface area (Å²) in [6.07, 6.45) is 1.22. The van der Waals surface area contributed by atoms with Gasteiger partial charge in [0.05, 0.1) is 0 Å². The molecule has 0 bridgehead atoms. The van der Waals surface area contributed by atoms with Gasteiger partial charge < -0.3 is 0 Å². The topological polar surface area (TPSA) is 3.24 Å². The fourth-order valence-electron chi connectivity index (χ4n) is 2.32. The van der Waals surface area contributed by atoms with Crippen LogP contribution < -0.4 is 0 Å². The molecule has 0 N–H and O–H groups in total. The van der Waals surface area contributed by atoms with E-state index >= 15 is 0 Å². The van der Waals surface area contributed by atoms with Crippen LogP contribution in [0, 0.1) is 5.41 Å². The molecule has 0 aromatic rings. The van der Waals surface area contributed by atoms with E-state index in [1.165, 1.54) is 6.42 Å². The van der Waals surface area contributed by atoms with Gasteiger partial charge in [-0.15, -0.1) is 0 Å². The van der Waals surface area contributed by atoms with E-state index in [1.54, 1.807) is 0 Å². The molecule has 0 atom stereocenters. The molecule has 0 aliphatic heterocycles. The number of nitrogens with zero attached hydrogens (tertiary/aromatic N) is 1. The van der Waals surface area contributed by atoms with Crippen molar-refractivity contribution < 1.29 is 0 Å². The smallest absolute Gasteiger partial charge is 0.0160 e. The van der Waals surface area contributed by atoms with Gasteiger partial charge in [-0.2, -0.15) is 0 Å². The van der Waals surface area contributed by atoms with Gasteiger partial charge in [-0.1, -0.05) is 20.8 Å². The highest BCUT2D eigenvalue weighted by molar-refractivity contribution is 4.90. The summed E-state index contributed by atoms with van der Waals surface area (Å²) >= 11 is 0. The van der Waals surface area contributed by atoms with Crippen LogP contribution in [0.4, 0.5) is 0 Å². The molecule has 0 heterocycles. The summed E-state index contributed by atoms with van der Waals surface area (Å²) in [5.41, 5.74) is 0.897. The molecular weight excluding hydrogens is 170 g/mol. The summed E-state index contributed by atoms with van der Waals surface area (Å²) < 4.78 is 0. The summed E-state index contributed by atoms with van der Waals surface area (Å²) in [6.45, 7) is 18.4. The second kappa shape index (κ2) is 3.84. The Morgan fingerprint density at radius 3 is 1.36 bits per heavy atom.